The second-order valence-corrected chi connectivity index (χ2v) is 9.01. The minimum Gasteiger partial charge on any atom is -0.420 e. The van der Waals surface area contributed by atoms with Gasteiger partial charge in [0.2, 0.25) is 5.89 Å². The molecule has 1 fully saturated rings. The molecule has 0 radical (unpaired) electrons. The highest BCUT2D eigenvalue weighted by Gasteiger charge is 2.31. The van der Waals surface area contributed by atoms with Crippen LogP contribution in [0.3, 0.4) is 0 Å². The summed E-state index contributed by atoms with van der Waals surface area (Å²) < 4.78 is 73.2. The number of alkyl halides is 3. The molecular formula is C16H12F3N3O4S2. The van der Waals surface area contributed by atoms with Crippen LogP contribution in [0.2, 0.25) is 0 Å². The van der Waals surface area contributed by atoms with Crippen LogP contribution in [0.25, 0.3) is 10.8 Å². The van der Waals surface area contributed by atoms with Crippen molar-refractivity contribution < 1.29 is 30.7 Å². The SMILES string of the molecule is O=S(=O)(Nc1ccc(OC(F)(F)F)cc1)c1ccc(-c2nnc(C3CC3)o2)s1. The van der Waals surface area contributed by atoms with Crippen molar-refractivity contribution in [2.24, 2.45) is 0 Å². The summed E-state index contributed by atoms with van der Waals surface area (Å²) in [7, 11) is -3.93. The van der Waals surface area contributed by atoms with Crippen LogP contribution < -0.4 is 9.46 Å². The van der Waals surface area contributed by atoms with Crippen LogP contribution in [0.1, 0.15) is 24.7 Å². The summed E-state index contributed by atoms with van der Waals surface area (Å²) in [5, 5.41) is 7.90. The van der Waals surface area contributed by atoms with Gasteiger partial charge in [-0.15, -0.1) is 34.7 Å². The molecule has 1 aliphatic carbocycles. The number of anilines is 1. The Balaban J connectivity index is 1.48. The molecule has 1 aliphatic rings. The zero-order valence-corrected chi connectivity index (χ0v) is 15.6. The van der Waals surface area contributed by atoms with Crippen LogP contribution in [-0.2, 0) is 10.0 Å². The van der Waals surface area contributed by atoms with E-state index in [-0.39, 0.29) is 21.7 Å². The molecule has 1 aromatic carbocycles. The van der Waals surface area contributed by atoms with Crippen LogP contribution >= 0.6 is 11.3 Å². The summed E-state index contributed by atoms with van der Waals surface area (Å²) in [6.45, 7) is 0. The molecule has 3 aromatic rings. The van der Waals surface area contributed by atoms with Gasteiger partial charge in [0, 0.05) is 11.6 Å². The van der Waals surface area contributed by atoms with Crippen molar-refractivity contribution in [1.82, 2.24) is 10.2 Å². The van der Waals surface area contributed by atoms with Crippen LogP contribution in [0.5, 0.6) is 5.75 Å². The van der Waals surface area contributed by atoms with Crippen molar-refractivity contribution >= 4 is 27.0 Å². The molecule has 0 aliphatic heterocycles. The molecule has 0 spiro atoms. The van der Waals surface area contributed by atoms with Gasteiger partial charge in [0.25, 0.3) is 15.9 Å². The summed E-state index contributed by atoms with van der Waals surface area (Å²) in [5.74, 6) is 0.640. The molecule has 12 heteroatoms. The highest BCUT2D eigenvalue weighted by Crippen LogP contribution is 2.40. The van der Waals surface area contributed by atoms with Gasteiger partial charge in [-0.3, -0.25) is 4.72 Å². The van der Waals surface area contributed by atoms with Crippen molar-refractivity contribution in [3.05, 3.63) is 42.3 Å². The standard InChI is InChI=1S/C16H12F3N3O4S2/c17-16(18,19)26-11-5-3-10(4-6-11)22-28(23,24)13-8-7-12(27-13)15-21-20-14(25-15)9-1-2-9/h3-9,22H,1-2H2. The molecule has 0 atom stereocenters. The highest BCUT2D eigenvalue weighted by atomic mass is 32.2. The van der Waals surface area contributed by atoms with Crippen LogP contribution in [0.4, 0.5) is 18.9 Å². The Hall–Kier alpha value is -2.60. The van der Waals surface area contributed by atoms with E-state index >= 15 is 0 Å². The fourth-order valence-electron chi connectivity index (χ4n) is 2.34. The molecule has 2 heterocycles. The Morgan fingerprint density at radius 2 is 1.82 bits per heavy atom. The molecule has 28 heavy (non-hydrogen) atoms. The number of ether oxygens (including phenoxy) is 1. The lowest BCUT2D eigenvalue weighted by Gasteiger charge is -2.10. The highest BCUT2D eigenvalue weighted by molar-refractivity contribution is 7.94. The molecule has 148 valence electrons. The van der Waals surface area contributed by atoms with Gasteiger partial charge < -0.3 is 9.15 Å². The van der Waals surface area contributed by atoms with Crippen LogP contribution in [0, 0.1) is 0 Å². The van der Waals surface area contributed by atoms with Gasteiger partial charge >= 0.3 is 6.36 Å². The third-order valence-electron chi connectivity index (χ3n) is 3.76. The van der Waals surface area contributed by atoms with Crippen molar-refractivity contribution in [2.75, 3.05) is 4.72 Å². The first kappa shape index (κ1) is 18.7. The number of sulfonamides is 1. The summed E-state index contributed by atoms with van der Waals surface area (Å²) in [6.07, 6.45) is -2.81. The van der Waals surface area contributed by atoms with Crippen molar-refractivity contribution in [1.29, 1.82) is 0 Å². The monoisotopic (exact) mass is 431 g/mol. The minimum atomic E-state index is -4.82. The van der Waals surface area contributed by atoms with E-state index in [2.05, 4.69) is 19.7 Å². The average molecular weight is 431 g/mol. The third-order valence-corrected chi connectivity index (χ3v) is 6.71. The Kier molecular flexibility index (Phi) is 4.54. The van der Waals surface area contributed by atoms with Crippen LogP contribution in [0.15, 0.2) is 45.0 Å². The Morgan fingerprint density at radius 3 is 2.46 bits per heavy atom. The van der Waals surface area contributed by atoms with Gasteiger partial charge in [0.1, 0.15) is 9.96 Å². The van der Waals surface area contributed by atoms with Crippen molar-refractivity contribution in [3.8, 4) is 16.5 Å². The number of nitrogens with zero attached hydrogens (tertiary/aromatic N) is 2. The second-order valence-electron chi connectivity index (χ2n) is 6.02. The second kappa shape index (κ2) is 6.78. The topological polar surface area (TPSA) is 94.3 Å². The number of aromatic nitrogens is 2. The average Bonchev–Trinajstić information content (AvgIpc) is 3.13. The van der Waals surface area contributed by atoms with Crippen molar-refractivity contribution in [3.63, 3.8) is 0 Å². The quantitative estimate of drug-likeness (QED) is 0.623. The Bertz CT molecular complexity index is 1090. The molecule has 2 aromatic heterocycles. The maximum absolute atomic E-state index is 12.5. The predicted octanol–water partition coefficient (Wildman–Crippen LogP) is 4.37. The van der Waals surface area contributed by atoms with E-state index in [1.807, 2.05) is 0 Å². The summed E-state index contributed by atoms with van der Waals surface area (Å²) in [6, 6.07) is 7.33. The molecule has 0 amide bonds. The Labute approximate surface area is 161 Å². The fourth-order valence-corrected chi connectivity index (χ4v) is 4.63. The Morgan fingerprint density at radius 1 is 1.11 bits per heavy atom. The molecule has 0 bridgehead atoms. The maximum atomic E-state index is 12.5. The lowest BCUT2D eigenvalue weighted by Crippen LogP contribution is -2.17. The zero-order valence-electron chi connectivity index (χ0n) is 13.9. The minimum absolute atomic E-state index is 0.00397. The molecular weight excluding hydrogens is 419 g/mol. The largest absolute Gasteiger partial charge is 0.573 e. The third kappa shape index (κ3) is 4.28. The van der Waals surface area contributed by atoms with E-state index in [0.29, 0.717) is 10.8 Å². The van der Waals surface area contributed by atoms with E-state index < -0.39 is 22.1 Å². The number of benzene rings is 1. The zero-order chi connectivity index (χ0) is 19.9. The molecule has 1 N–H and O–H groups in total. The number of thiophene rings is 1. The predicted molar refractivity (Wildman–Crippen MR) is 93.5 cm³/mol. The van der Waals surface area contributed by atoms with Gasteiger partial charge in [0.15, 0.2) is 0 Å². The number of nitrogens with one attached hydrogen (secondary N) is 1. The molecule has 7 nitrogen and oxygen atoms in total. The number of halogens is 3. The number of hydrogen-bond donors (Lipinski definition) is 1. The summed E-state index contributed by atoms with van der Waals surface area (Å²) >= 11 is 0.948. The van der Waals surface area contributed by atoms with Crippen molar-refractivity contribution in [2.45, 2.75) is 29.3 Å². The first-order valence-electron chi connectivity index (χ1n) is 8.02. The number of hydrogen-bond acceptors (Lipinski definition) is 7. The number of rotatable bonds is 6. The van der Waals surface area contributed by atoms with Gasteiger partial charge in [0.05, 0.1) is 4.88 Å². The lowest BCUT2D eigenvalue weighted by atomic mass is 10.3. The van der Waals surface area contributed by atoms with E-state index in [0.717, 1.165) is 36.3 Å². The smallest absolute Gasteiger partial charge is 0.420 e. The molecule has 0 saturated heterocycles. The molecule has 4 rings (SSSR count). The van der Waals surface area contributed by atoms with Gasteiger partial charge in [-0.2, -0.15) is 0 Å². The molecule has 1 saturated carbocycles. The summed E-state index contributed by atoms with van der Waals surface area (Å²) in [4.78, 5) is 0.508. The van der Waals surface area contributed by atoms with Gasteiger partial charge in [-0.05, 0) is 49.2 Å². The molecule has 0 unspecified atom stereocenters. The first-order chi connectivity index (χ1) is 13.2. The van der Waals surface area contributed by atoms with E-state index in [1.165, 1.54) is 18.2 Å². The maximum Gasteiger partial charge on any atom is 0.573 e. The van der Waals surface area contributed by atoms with E-state index in [4.69, 9.17) is 4.42 Å². The fraction of sp³-hybridized carbons (Fsp3) is 0.250. The first-order valence-corrected chi connectivity index (χ1v) is 10.3. The van der Waals surface area contributed by atoms with Crippen LogP contribution in [-0.4, -0.2) is 25.0 Å². The lowest BCUT2D eigenvalue weighted by molar-refractivity contribution is -0.274. The van der Waals surface area contributed by atoms with Gasteiger partial charge in [-0.25, -0.2) is 8.42 Å². The van der Waals surface area contributed by atoms with E-state index in [1.54, 1.807) is 6.07 Å². The van der Waals surface area contributed by atoms with Gasteiger partial charge in [-0.1, -0.05) is 0 Å². The normalized spacial score (nSPS) is 14.8. The summed E-state index contributed by atoms with van der Waals surface area (Å²) in [5.41, 5.74) is 0.0956. The van der Waals surface area contributed by atoms with E-state index in [9.17, 15) is 21.6 Å².